The number of urea groups is 1. The van der Waals surface area contributed by atoms with Gasteiger partial charge in [0.2, 0.25) is 0 Å². The highest BCUT2D eigenvalue weighted by atomic mass is 16.6. The van der Waals surface area contributed by atoms with E-state index in [-0.39, 0.29) is 11.0 Å². The van der Waals surface area contributed by atoms with Gasteiger partial charge in [-0.1, -0.05) is 0 Å². The van der Waals surface area contributed by atoms with E-state index in [0.717, 1.165) is 0 Å². The number of fused-ring (bicyclic) bond motifs is 1. The van der Waals surface area contributed by atoms with Gasteiger partial charge in [0.05, 0.1) is 12.9 Å². The zero-order chi connectivity index (χ0) is 14.4. The van der Waals surface area contributed by atoms with Crippen LogP contribution in [0.2, 0.25) is 0 Å². The van der Waals surface area contributed by atoms with Crippen LogP contribution in [0.15, 0.2) is 4.99 Å². The topological polar surface area (TPSA) is 207 Å². The number of aliphatic imine (C=N–C) groups is 1. The normalized spacial score (nSPS) is 39.5. The van der Waals surface area contributed by atoms with Crippen molar-refractivity contribution < 1.29 is 40.6 Å². The fourth-order valence-corrected chi connectivity index (χ4v) is 2.54. The monoisotopic (exact) mass is 322 g/mol. The minimum Gasteiger partial charge on any atom is -0.412 e. The van der Waals surface area contributed by atoms with Crippen molar-refractivity contribution in [3.8, 4) is 0 Å². The molecule has 0 saturated carbocycles. The molecular formula is C10H18N4O8. The molecule has 3 aliphatic rings. The Kier molecular flexibility index (Phi) is 5.39. The van der Waals surface area contributed by atoms with Gasteiger partial charge in [0, 0.05) is 0 Å². The average molecular weight is 322 g/mol. The maximum atomic E-state index is 11.6. The van der Waals surface area contributed by atoms with Crippen LogP contribution in [0.5, 0.6) is 0 Å². The van der Waals surface area contributed by atoms with Crippen molar-refractivity contribution in [2.24, 2.45) is 4.99 Å². The lowest BCUT2D eigenvalue weighted by Gasteiger charge is -2.35. The minimum absolute atomic E-state index is 0. The number of rotatable bonds is 2. The van der Waals surface area contributed by atoms with Crippen LogP contribution in [0.4, 0.5) is 4.79 Å². The molecule has 0 aromatic rings. The average Bonchev–Trinajstić information content (AvgIpc) is 2.93. The SMILES string of the molecule is O.O.O=C1NC(=O)C2N=CN([C@@H]3O[C@H](CO)[C@@H](O)[C@H]3O)C2N1. The van der Waals surface area contributed by atoms with Crippen molar-refractivity contribution >= 4 is 18.3 Å². The maximum absolute atomic E-state index is 11.6. The zero-order valence-electron chi connectivity index (χ0n) is 11.2. The number of ether oxygens (including phenoxy) is 1. The van der Waals surface area contributed by atoms with Gasteiger partial charge in [0.15, 0.2) is 12.3 Å². The third kappa shape index (κ3) is 2.63. The molecule has 9 N–H and O–H groups in total. The molecule has 3 heterocycles. The van der Waals surface area contributed by atoms with Crippen LogP contribution in [0, 0.1) is 0 Å². The van der Waals surface area contributed by atoms with Crippen molar-refractivity contribution in [2.75, 3.05) is 6.61 Å². The van der Waals surface area contributed by atoms with Crippen LogP contribution >= 0.6 is 0 Å². The first-order valence-electron chi connectivity index (χ1n) is 6.07. The summed E-state index contributed by atoms with van der Waals surface area (Å²) in [7, 11) is 0. The number of hydrogen-bond donors (Lipinski definition) is 5. The Balaban J connectivity index is 0.00000121. The van der Waals surface area contributed by atoms with E-state index in [2.05, 4.69) is 15.6 Å². The quantitative estimate of drug-likeness (QED) is 0.333. The van der Waals surface area contributed by atoms with E-state index in [1.165, 1.54) is 11.2 Å². The molecular weight excluding hydrogens is 304 g/mol. The molecule has 3 rings (SSSR count). The molecule has 126 valence electrons. The summed E-state index contributed by atoms with van der Waals surface area (Å²) in [5.41, 5.74) is 0. The molecule has 3 amide bonds. The van der Waals surface area contributed by atoms with Crippen LogP contribution in [0.1, 0.15) is 0 Å². The number of hydrogen-bond acceptors (Lipinski definition) is 8. The van der Waals surface area contributed by atoms with Crippen molar-refractivity contribution in [1.29, 1.82) is 0 Å². The van der Waals surface area contributed by atoms with Crippen molar-refractivity contribution in [3.63, 3.8) is 0 Å². The first-order valence-corrected chi connectivity index (χ1v) is 6.07. The minimum atomic E-state index is -1.29. The Hall–Kier alpha value is -1.83. The largest absolute Gasteiger partial charge is 0.412 e. The van der Waals surface area contributed by atoms with Gasteiger partial charge in [-0.05, 0) is 0 Å². The molecule has 0 radical (unpaired) electrons. The third-order valence-corrected chi connectivity index (χ3v) is 3.58. The maximum Gasteiger partial charge on any atom is 0.323 e. The highest BCUT2D eigenvalue weighted by molar-refractivity contribution is 6.01. The van der Waals surface area contributed by atoms with Crippen LogP contribution in [0.25, 0.3) is 0 Å². The smallest absolute Gasteiger partial charge is 0.323 e. The molecule has 6 atom stereocenters. The predicted molar refractivity (Wildman–Crippen MR) is 69.6 cm³/mol. The molecule has 0 aromatic heterocycles. The van der Waals surface area contributed by atoms with Crippen molar-refractivity contribution in [3.05, 3.63) is 0 Å². The van der Waals surface area contributed by atoms with Gasteiger partial charge in [-0.2, -0.15) is 0 Å². The van der Waals surface area contributed by atoms with E-state index in [0.29, 0.717) is 0 Å². The van der Waals surface area contributed by atoms with Crippen molar-refractivity contribution in [1.82, 2.24) is 15.5 Å². The molecule has 2 fully saturated rings. The number of aliphatic hydroxyl groups is 3. The number of carbonyl (C=O) groups is 2. The lowest BCUT2D eigenvalue weighted by atomic mass is 10.1. The third-order valence-electron chi connectivity index (χ3n) is 3.58. The van der Waals surface area contributed by atoms with Crippen LogP contribution in [-0.2, 0) is 9.53 Å². The lowest BCUT2D eigenvalue weighted by molar-refractivity contribution is -0.125. The second-order valence-corrected chi connectivity index (χ2v) is 4.79. The first-order chi connectivity index (χ1) is 9.52. The van der Waals surface area contributed by atoms with Gasteiger partial charge in [0.1, 0.15) is 24.5 Å². The number of carbonyl (C=O) groups excluding carboxylic acids is 2. The van der Waals surface area contributed by atoms with Gasteiger partial charge in [-0.3, -0.25) is 15.1 Å². The van der Waals surface area contributed by atoms with E-state index in [1.54, 1.807) is 0 Å². The summed E-state index contributed by atoms with van der Waals surface area (Å²) in [6.07, 6.45) is -4.01. The van der Waals surface area contributed by atoms with Crippen LogP contribution < -0.4 is 10.6 Å². The van der Waals surface area contributed by atoms with E-state index in [1.807, 2.05) is 0 Å². The summed E-state index contributed by atoms with van der Waals surface area (Å²) in [5, 5.41) is 33.3. The number of nitrogens with zero attached hydrogens (tertiary/aromatic N) is 2. The summed E-state index contributed by atoms with van der Waals surface area (Å²) < 4.78 is 5.34. The first kappa shape index (κ1) is 18.2. The standard InChI is InChI=1S/C10H14N4O6.2H2O/c15-1-3-5(16)6(17)9(20-3)14-2-11-4-7(14)12-10(19)13-8(4)18;;/h2-7,9,15-17H,1H2,(H2,12,13,18,19);2*1H2/t3-,4?,5-,6-,7?,9-;;/m1../s1. The highest BCUT2D eigenvalue weighted by Crippen LogP contribution is 2.28. The molecule has 22 heavy (non-hydrogen) atoms. The molecule has 12 heteroatoms. The lowest BCUT2D eigenvalue weighted by Crippen LogP contribution is -2.65. The Morgan fingerprint density at radius 2 is 1.95 bits per heavy atom. The highest BCUT2D eigenvalue weighted by Gasteiger charge is 2.51. The van der Waals surface area contributed by atoms with E-state index in [9.17, 15) is 19.8 Å². The summed E-state index contributed by atoms with van der Waals surface area (Å²) >= 11 is 0. The van der Waals surface area contributed by atoms with Gasteiger partial charge >= 0.3 is 6.03 Å². The Morgan fingerprint density at radius 3 is 2.55 bits per heavy atom. The number of imide groups is 1. The second kappa shape index (κ2) is 6.51. The molecule has 2 unspecified atom stereocenters. The number of nitrogens with one attached hydrogen (secondary N) is 2. The molecule has 0 spiro atoms. The molecule has 0 bridgehead atoms. The Bertz CT molecular complexity index is 474. The summed E-state index contributed by atoms with van der Waals surface area (Å²) in [4.78, 5) is 28.2. The van der Waals surface area contributed by atoms with E-state index >= 15 is 0 Å². The predicted octanol–water partition coefficient (Wildman–Crippen LogP) is -5.35. The summed E-state index contributed by atoms with van der Waals surface area (Å²) in [6.45, 7) is -0.458. The molecule has 2 saturated heterocycles. The molecule has 3 aliphatic heterocycles. The van der Waals surface area contributed by atoms with E-state index in [4.69, 9.17) is 9.84 Å². The molecule has 0 aromatic carbocycles. The Labute approximate surface area is 124 Å². The summed E-state index contributed by atoms with van der Waals surface area (Å²) in [6, 6.07) is -1.51. The summed E-state index contributed by atoms with van der Waals surface area (Å²) in [5.74, 6) is -0.552. The zero-order valence-corrected chi connectivity index (χ0v) is 11.2. The van der Waals surface area contributed by atoms with Gasteiger partial charge < -0.3 is 41.2 Å². The van der Waals surface area contributed by atoms with E-state index < -0.39 is 55.3 Å². The van der Waals surface area contributed by atoms with Gasteiger partial charge in [0.25, 0.3) is 5.91 Å². The molecule has 12 nitrogen and oxygen atoms in total. The fraction of sp³-hybridized carbons (Fsp3) is 0.700. The van der Waals surface area contributed by atoms with Crippen LogP contribution in [0.3, 0.4) is 0 Å². The van der Waals surface area contributed by atoms with Crippen LogP contribution in [-0.4, -0.2) is 92.8 Å². The molecule has 0 aliphatic carbocycles. The van der Waals surface area contributed by atoms with Gasteiger partial charge in [-0.15, -0.1) is 0 Å². The fourth-order valence-electron chi connectivity index (χ4n) is 2.54. The van der Waals surface area contributed by atoms with Crippen molar-refractivity contribution in [2.45, 2.75) is 36.7 Å². The Morgan fingerprint density at radius 1 is 1.27 bits per heavy atom. The number of amides is 3. The number of aliphatic hydroxyl groups excluding tert-OH is 3. The second-order valence-electron chi connectivity index (χ2n) is 4.79. The van der Waals surface area contributed by atoms with Gasteiger partial charge in [-0.25, -0.2) is 4.79 Å².